The van der Waals surface area contributed by atoms with Crippen LogP contribution in [0, 0.1) is 0 Å². The molecule has 0 amide bonds. The minimum atomic E-state index is -1.14. The van der Waals surface area contributed by atoms with Crippen LogP contribution in [0.3, 0.4) is 0 Å². The average Bonchev–Trinajstić information content (AvgIpc) is 2.53. The van der Waals surface area contributed by atoms with Gasteiger partial charge in [-0.15, -0.1) is 0 Å². The summed E-state index contributed by atoms with van der Waals surface area (Å²) in [6.07, 6.45) is 0. The standard InChI is InChI=1S/C19H23NO3Si/c1-24(2,3)12-11-23-13-20-15-8-5-4-7-14(15)19(22)18-16(20)9-6-10-17(18)21/h4-10,21H,11-13H2,1-3H3. The van der Waals surface area contributed by atoms with E-state index in [4.69, 9.17) is 4.74 Å². The molecule has 2 aromatic carbocycles. The second-order valence-corrected chi connectivity index (χ2v) is 12.9. The van der Waals surface area contributed by atoms with E-state index in [1.54, 1.807) is 18.2 Å². The Kier molecular flexibility index (Phi) is 4.47. The third-order valence-corrected chi connectivity index (χ3v) is 5.90. The van der Waals surface area contributed by atoms with Crippen LogP contribution in [0.5, 0.6) is 5.75 Å². The van der Waals surface area contributed by atoms with Crippen molar-refractivity contribution in [2.75, 3.05) is 6.61 Å². The highest BCUT2D eigenvalue weighted by Gasteiger charge is 2.15. The molecule has 0 fully saturated rings. The van der Waals surface area contributed by atoms with E-state index in [0.29, 0.717) is 29.6 Å². The second kappa shape index (κ2) is 6.41. The van der Waals surface area contributed by atoms with Crippen molar-refractivity contribution in [1.29, 1.82) is 0 Å². The summed E-state index contributed by atoms with van der Waals surface area (Å²) < 4.78 is 7.87. The van der Waals surface area contributed by atoms with Crippen LogP contribution in [0.15, 0.2) is 47.3 Å². The Labute approximate surface area is 142 Å². The molecule has 3 aromatic rings. The Balaban J connectivity index is 2.09. The van der Waals surface area contributed by atoms with E-state index in [1.165, 1.54) is 0 Å². The molecule has 0 aliphatic rings. The molecular formula is C19H23NO3Si. The predicted molar refractivity (Wildman–Crippen MR) is 101 cm³/mol. The third-order valence-electron chi connectivity index (χ3n) is 4.19. The van der Waals surface area contributed by atoms with Gasteiger partial charge in [-0.25, -0.2) is 0 Å². The topological polar surface area (TPSA) is 51.5 Å². The van der Waals surface area contributed by atoms with Gasteiger partial charge in [-0.2, -0.15) is 0 Å². The smallest absolute Gasteiger partial charge is 0.200 e. The maximum absolute atomic E-state index is 12.7. The first-order valence-electron chi connectivity index (χ1n) is 8.19. The van der Waals surface area contributed by atoms with E-state index in [0.717, 1.165) is 11.6 Å². The number of hydrogen-bond acceptors (Lipinski definition) is 3. The lowest BCUT2D eigenvalue weighted by atomic mass is 10.1. The van der Waals surface area contributed by atoms with Gasteiger partial charge in [0.2, 0.25) is 5.43 Å². The molecule has 0 bridgehead atoms. The maximum atomic E-state index is 12.7. The monoisotopic (exact) mass is 341 g/mol. The molecular weight excluding hydrogens is 318 g/mol. The first kappa shape index (κ1) is 16.7. The lowest BCUT2D eigenvalue weighted by Gasteiger charge is -2.18. The minimum absolute atomic E-state index is 0.0131. The van der Waals surface area contributed by atoms with Crippen LogP contribution in [0.25, 0.3) is 21.8 Å². The van der Waals surface area contributed by atoms with Gasteiger partial charge in [0.1, 0.15) is 12.5 Å². The largest absolute Gasteiger partial charge is 0.507 e. The Morgan fingerprint density at radius 3 is 2.50 bits per heavy atom. The number of para-hydroxylation sites is 1. The van der Waals surface area contributed by atoms with Crippen molar-refractivity contribution in [2.24, 2.45) is 0 Å². The molecule has 5 heteroatoms. The van der Waals surface area contributed by atoms with Crippen molar-refractivity contribution in [2.45, 2.75) is 32.4 Å². The zero-order valence-electron chi connectivity index (χ0n) is 14.4. The fraction of sp³-hybridized carbons (Fsp3) is 0.316. The van der Waals surface area contributed by atoms with Crippen LogP contribution in [-0.2, 0) is 11.5 Å². The van der Waals surface area contributed by atoms with E-state index >= 15 is 0 Å². The van der Waals surface area contributed by atoms with Gasteiger partial charge in [0.25, 0.3) is 0 Å². The van der Waals surface area contributed by atoms with E-state index in [9.17, 15) is 9.90 Å². The number of phenols is 1. The van der Waals surface area contributed by atoms with Gasteiger partial charge in [0.15, 0.2) is 0 Å². The lowest BCUT2D eigenvalue weighted by Crippen LogP contribution is -2.22. The number of fused-ring (bicyclic) bond motifs is 2. The summed E-state index contributed by atoms with van der Waals surface area (Å²) in [5.41, 5.74) is 1.39. The van der Waals surface area contributed by atoms with Crippen molar-refractivity contribution in [3.8, 4) is 5.75 Å². The minimum Gasteiger partial charge on any atom is -0.507 e. The summed E-state index contributed by atoms with van der Waals surface area (Å²) in [6.45, 7) is 8.03. The number of rotatable bonds is 5. The van der Waals surface area contributed by atoms with Gasteiger partial charge in [-0.3, -0.25) is 4.79 Å². The van der Waals surface area contributed by atoms with Gasteiger partial charge < -0.3 is 14.4 Å². The highest BCUT2D eigenvalue weighted by molar-refractivity contribution is 6.76. The lowest BCUT2D eigenvalue weighted by molar-refractivity contribution is 0.0926. The summed E-state index contributed by atoms with van der Waals surface area (Å²) in [4.78, 5) is 12.7. The Morgan fingerprint density at radius 2 is 1.75 bits per heavy atom. The highest BCUT2D eigenvalue weighted by Crippen LogP contribution is 2.25. The number of ether oxygens (including phenoxy) is 1. The average molecular weight is 341 g/mol. The molecule has 1 N–H and O–H groups in total. The second-order valence-electron chi connectivity index (χ2n) is 7.29. The zero-order valence-corrected chi connectivity index (χ0v) is 15.4. The number of aromatic nitrogens is 1. The summed E-state index contributed by atoms with van der Waals surface area (Å²) in [7, 11) is -1.14. The Bertz CT molecular complexity index is 941. The molecule has 126 valence electrons. The molecule has 4 nitrogen and oxygen atoms in total. The number of benzene rings is 2. The molecule has 0 aliphatic heterocycles. The molecule has 0 spiro atoms. The summed E-state index contributed by atoms with van der Waals surface area (Å²) in [6, 6.07) is 13.7. The van der Waals surface area contributed by atoms with Crippen molar-refractivity contribution in [1.82, 2.24) is 4.57 Å². The molecule has 0 radical (unpaired) electrons. The van der Waals surface area contributed by atoms with Gasteiger partial charge in [-0.1, -0.05) is 37.8 Å². The van der Waals surface area contributed by atoms with E-state index in [2.05, 4.69) is 19.6 Å². The molecule has 1 heterocycles. The SMILES string of the molecule is C[Si](C)(C)CCOCn1c2ccccc2c(=O)c2c(O)cccc21. The highest BCUT2D eigenvalue weighted by atomic mass is 28.3. The van der Waals surface area contributed by atoms with Crippen molar-refractivity contribution in [3.63, 3.8) is 0 Å². The Hall–Kier alpha value is -2.11. The van der Waals surface area contributed by atoms with Gasteiger partial charge in [0.05, 0.1) is 16.4 Å². The fourth-order valence-electron chi connectivity index (χ4n) is 2.82. The van der Waals surface area contributed by atoms with Crippen LogP contribution in [0.4, 0.5) is 0 Å². The van der Waals surface area contributed by atoms with Crippen LogP contribution in [0.2, 0.25) is 25.7 Å². The summed E-state index contributed by atoms with van der Waals surface area (Å²) >= 11 is 0. The normalized spacial score (nSPS) is 12.1. The first-order valence-corrected chi connectivity index (χ1v) is 11.9. The van der Waals surface area contributed by atoms with Crippen molar-refractivity contribution >= 4 is 29.9 Å². The van der Waals surface area contributed by atoms with E-state index < -0.39 is 8.07 Å². The van der Waals surface area contributed by atoms with Crippen molar-refractivity contribution < 1.29 is 9.84 Å². The predicted octanol–water partition coefficient (Wildman–Crippen LogP) is 4.17. The molecule has 0 aliphatic carbocycles. The van der Waals surface area contributed by atoms with E-state index in [-0.39, 0.29) is 11.2 Å². The zero-order chi connectivity index (χ0) is 17.3. The first-order chi connectivity index (χ1) is 11.4. The fourth-order valence-corrected chi connectivity index (χ4v) is 3.58. The quantitative estimate of drug-likeness (QED) is 0.430. The number of aromatic hydroxyl groups is 1. The molecule has 3 rings (SSSR count). The molecule has 0 atom stereocenters. The number of phenolic OH excluding ortho intramolecular Hbond substituents is 1. The van der Waals surface area contributed by atoms with Crippen molar-refractivity contribution in [3.05, 3.63) is 52.7 Å². The van der Waals surface area contributed by atoms with Crippen LogP contribution in [-0.4, -0.2) is 24.4 Å². The van der Waals surface area contributed by atoms with Crippen LogP contribution >= 0.6 is 0 Å². The molecule has 0 saturated heterocycles. The maximum Gasteiger partial charge on any atom is 0.200 e. The molecule has 24 heavy (non-hydrogen) atoms. The van der Waals surface area contributed by atoms with Gasteiger partial charge in [0, 0.05) is 20.1 Å². The van der Waals surface area contributed by atoms with Crippen LogP contribution in [0.1, 0.15) is 0 Å². The molecule has 0 unspecified atom stereocenters. The number of hydrogen-bond donors (Lipinski definition) is 1. The third kappa shape index (κ3) is 3.23. The summed E-state index contributed by atoms with van der Waals surface area (Å²) in [5.74, 6) is 0.0131. The van der Waals surface area contributed by atoms with Crippen LogP contribution < -0.4 is 5.43 Å². The molecule has 0 saturated carbocycles. The summed E-state index contributed by atoms with van der Waals surface area (Å²) in [5, 5.41) is 11.1. The molecule has 1 aromatic heterocycles. The van der Waals surface area contributed by atoms with Gasteiger partial charge in [-0.05, 0) is 30.3 Å². The van der Waals surface area contributed by atoms with E-state index in [1.807, 2.05) is 28.8 Å². The Morgan fingerprint density at radius 1 is 1.04 bits per heavy atom. The number of nitrogens with zero attached hydrogens (tertiary/aromatic N) is 1. The number of pyridine rings is 1. The van der Waals surface area contributed by atoms with Gasteiger partial charge >= 0.3 is 0 Å².